The van der Waals surface area contributed by atoms with Gasteiger partial charge in [0.15, 0.2) is 0 Å². The van der Waals surface area contributed by atoms with Crippen molar-refractivity contribution in [1.82, 2.24) is 16.0 Å². The van der Waals surface area contributed by atoms with E-state index in [4.69, 9.17) is 19.9 Å². The molecule has 1 aliphatic rings. The van der Waals surface area contributed by atoms with E-state index in [1.165, 1.54) is 24.3 Å². The first-order valence-corrected chi connectivity index (χ1v) is 19.6. The lowest BCUT2D eigenvalue weighted by atomic mass is 9.98. The molecule has 16 heteroatoms. The number of nitrogens with two attached hydrogens (primary N) is 1. The van der Waals surface area contributed by atoms with Crippen LogP contribution in [0.25, 0.3) is 11.1 Å². The normalized spacial score (nSPS) is 13.2. The number of primary amides is 1. The molecule has 0 saturated heterocycles. The lowest BCUT2D eigenvalue weighted by Gasteiger charge is -2.25. The van der Waals surface area contributed by atoms with Gasteiger partial charge in [0.1, 0.15) is 37.1 Å². The third-order valence-electron chi connectivity index (χ3n) is 9.90. The Labute approximate surface area is 351 Å². The molecule has 7 N–H and O–H groups in total. The molecule has 4 amide bonds. The van der Waals surface area contributed by atoms with Crippen molar-refractivity contribution >= 4 is 41.7 Å². The standard InChI is InChI=1S/C45H48N4O12/c1-26(2)22-36(40(46)51)47-42(53)37(23-27-16-18-29(19-17-27)61-39(43(54)55)44(56)57)48-41(52)35(20-21-38(50)59-24-28-10-4-3-5-11-28)49-45(58)60-25-34-32-14-8-6-12-30(32)31-13-7-9-15-33(31)34/h3-19,26,34-37,39H,20-25H2,1-2H3,(H2,46,51)(H,47,53)(H,48,52)(H,49,58)(H,54,55)(H,56,57)/t35-,36-,37-/m0/s1. The molecular weight excluding hydrogens is 789 g/mol. The second kappa shape index (κ2) is 21.2. The Bertz CT molecular complexity index is 2150. The van der Waals surface area contributed by atoms with Crippen LogP contribution in [0.15, 0.2) is 103 Å². The molecule has 320 valence electrons. The van der Waals surface area contributed by atoms with Crippen LogP contribution in [-0.4, -0.2) is 82.8 Å². The van der Waals surface area contributed by atoms with Gasteiger partial charge in [0.25, 0.3) is 6.10 Å². The topological polar surface area (TPSA) is 250 Å². The molecule has 0 aliphatic heterocycles. The van der Waals surface area contributed by atoms with Gasteiger partial charge in [0, 0.05) is 18.8 Å². The molecule has 0 heterocycles. The molecule has 5 rings (SSSR count). The number of ether oxygens (including phenoxy) is 3. The molecule has 16 nitrogen and oxygen atoms in total. The van der Waals surface area contributed by atoms with Gasteiger partial charge in [0.05, 0.1) is 0 Å². The summed E-state index contributed by atoms with van der Waals surface area (Å²) in [5, 5.41) is 26.2. The van der Waals surface area contributed by atoms with Gasteiger partial charge in [-0.15, -0.1) is 0 Å². The van der Waals surface area contributed by atoms with E-state index in [0.29, 0.717) is 5.56 Å². The number of hydrogen-bond donors (Lipinski definition) is 6. The quantitative estimate of drug-likeness (QED) is 0.0514. The fourth-order valence-electron chi connectivity index (χ4n) is 6.88. The van der Waals surface area contributed by atoms with Crippen LogP contribution in [-0.2, 0) is 51.3 Å². The van der Waals surface area contributed by atoms with Gasteiger partial charge in [-0.1, -0.05) is 105 Å². The van der Waals surface area contributed by atoms with E-state index >= 15 is 0 Å². The highest BCUT2D eigenvalue weighted by Crippen LogP contribution is 2.44. The Morgan fingerprint density at radius 1 is 0.656 bits per heavy atom. The second-order valence-electron chi connectivity index (χ2n) is 14.9. The number of nitrogens with one attached hydrogen (secondary N) is 3. The lowest BCUT2D eigenvalue weighted by molar-refractivity contribution is -0.159. The predicted octanol–water partition coefficient (Wildman–Crippen LogP) is 4.08. The highest BCUT2D eigenvalue weighted by atomic mass is 16.6. The number of aliphatic carboxylic acids is 2. The second-order valence-corrected chi connectivity index (χ2v) is 14.9. The predicted molar refractivity (Wildman–Crippen MR) is 220 cm³/mol. The van der Waals surface area contributed by atoms with E-state index in [-0.39, 0.29) is 56.5 Å². The van der Waals surface area contributed by atoms with E-state index in [1.807, 2.05) is 68.4 Å². The number of esters is 1. The number of fused-ring (bicyclic) bond motifs is 3. The van der Waals surface area contributed by atoms with Crippen molar-refractivity contribution in [2.24, 2.45) is 11.7 Å². The molecule has 0 unspecified atom stereocenters. The van der Waals surface area contributed by atoms with Crippen LogP contribution in [0.3, 0.4) is 0 Å². The largest absolute Gasteiger partial charge is 0.478 e. The van der Waals surface area contributed by atoms with E-state index < -0.39 is 66.0 Å². The molecular formula is C45H48N4O12. The van der Waals surface area contributed by atoms with Gasteiger partial charge < -0.3 is 46.1 Å². The maximum Gasteiger partial charge on any atom is 0.407 e. The maximum atomic E-state index is 14.1. The molecule has 61 heavy (non-hydrogen) atoms. The van der Waals surface area contributed by atoms with Gasteiger partial charge in [-0.25, -0.2) is 14.4 Å². The molecule has 0 aromatic heterocycles. The minimum atomic E-state index is -2.17. The van der Waals surface area contributed by atoms with Crippen LogP contribution in [0, 0.1) is 5.92 Å². The number of alkyl carbamates (subject to hydrolysis) is 1. The Kier molecular flexibility index (Phi) is 15.6. The molecule has 0 fully saturated rings. The molecule has 0 bridgehead atoms. The summed E-state index contributed by atoms with van der Waals surface area (Å²) in [6.45, 7) is 3.57. The van der Waals surface area contributed by atoms with Gasteiger partial charge in [-0.2, -0.15) is 0 Å². The summed E-state index contributed by atoms with van der Waals surface area (Å²) in [4.78, 5) is 89.4. The average Bonchev–Trinajstić information content (AvgIpc) is 3.55. The molecule has 0 radical (unpaired) electrons. The van der Waals surface area contributed by atoms with Crippen molar-refractivity contribution in [3.8, 4) is 16.9 Å². The van der Waals surface area contributed by atoms with Crippen LogP contribution < -0.4 is 26.4 Å². The summed E-state index contributed by atoms with van der Waals surface area (Å²) >= 11 is 0. The third-order valence-corrected chi connectivity index (χ3v) is 9.90. The number of carbonyl (C=O) groups excluding carboxylic acids is 5. The minimum absolute atomic E-state index is 0.0207. The monoisotopic (exact) mass is 836 g/mol. The van der Waals surface area contributed by atoms with Crippen molar-refractivity contribution in [3.05, 3.63) is 125 Å². The van der Waals surface area contributed by atoms with Crippen molar-refractivity contribution in [1.29, 1.82) is 0 Å². The van der Waals surface area contributed by atoms with Gasteiger partial charge >= 0.3 is 24.0 Å². The number of carboxylic acid groups (broad SMARTS) is 2. The number of hydrogen-bond acceptors (Lipinski definition) is 10. The van der Waals surface area contributed by atoms with Crippen LogP contribution >= 0.6 is 0 Å². The zero-order chi connectivity index (χ0) is 44.1. The fraction of sp³-hybridized carbons (Fsp3) is 0.311. The summed E-state index contributed by atoms with van der Waals surface area (Å²) in [6.07, 6.45) is -3.70. The Hall–Kier alpha value is -7.23. The molecule has 4 aromatic carbocycles. The lowest BCUT2D eigenvalue weighted by Crippen LogP contribution is -2.57. The zero-order valence-corrected chi connectivity index (χ0v) is 33.6. The van der Waals surface area contributed by atoms with E-state index in [1.54, 1.807) is 24.3 Å². The molecule has 1 aliphatic carbocycles. The van der Waals surface area contributed by atoms with Crippen LogP contribution in [0.5, 0.6) is 5.75 Å². The first kappa shape index (κ1) is 44.9. The van der Waals surface area contributed by atoms with Crippen LogP contribution in [0.2, 0.25) is 0 Å². The number of carbonyl (C=O) groups is 7. The summed E-state index contributed by atoms with van der Waals surface area (Å²) in [5.41, 5.74) is 10.7. The Morgan fingerprint density at radius 3 is 1.79 bits per heavy atom. The van der Waals surface area contributed by atoms with Crippen molar-refractivity contribution in [2.75, 3.05) is 6.61 Å². The minimum Gasteiger partial charge on any atom is -0.478 e. The zero-order valence-electron chi connectivity index (χ0n) is 33.6. The van der Waals surface area contributed by atoms with Crippen LogP contribution in [0.1, 0.15) is 61.3 Å². The van der Waals surface area contributed by atoms with E-state index in [2.05, 4.69) is 16.0 Å². The van der Waals surface area contributed by atoms with Gasteiger partial charge in [0.2, 0.25) is 17.7 Å². The number of carboxylic acids is 2. The van der Waals surface area contributed by atoms with E-state index in [9.17, 15) is 43.8 Å². The Morgan fingerprint density at radius 2 is 1.21 bits per heavy atom. The number of benzene rings is 4. The fourth-order valence-corrected chi connectivity index (χ4v) is 6.88. The Balaban J connectivity index is 1.35. The summed E-state index contributed by atoms with van der Waals surface area (Å²) in [7, 11) is 0. The van der Waals surface area contributed by atoms with Crippen LogP contribution in [0.4, 0.5) is 4.79 Å². The van der Waals surface area contributed by atoms with Crippen molar-refractivity contribution in [3.63, 3.8) is 0 Å². The molecule has 3 atom stereocenters. The molecule has 4 aromatic rings. The SMILES string of the molecule is CC(C)C[C@H](NC(=O)[C@H](Cc1ccc(OC(C(=O)O)C(=O)O)cc1)NC(=O)[C@H](CCC(=O)OCc1ccccc1)NC(=O)OCC1c2ccccc2-c2ccccc21)C(N)=O. The highest BCUT2D eigenvalue weighted by Gasteiger charge is 2.33. The van der Waals surface area contributed by atoms with Gasteiger partial charge in [-0.3, -0.25) is 19.2 Å². The maximum absolute atomic E-state index is 14.1. The smallest absolute Gasteiger partial charge is 0.407 e. The average molecular weight is 837 g/mol. The summed E-state index contributed by atoms with van der Waals surface area (Å²) in [5.74, 6) is -6.98. The first-order chi connectivity index (χ1) is 29.2. The highest BCUT2D eigenvalue weighted by molar-refractivity contribution is 5.96. The molecule has 0 saturated carbocycles. The van der Waals surface area contributed by atoms with Crippen molar-refractivity contribution in [2.45, 2.75) is 76.3 Å². The summed E-state index contributed by atoms with van der Waals surface area (Å²) in [6, 6.07) is 26.0. The summed E-state index contributed by atoms with van der Waals surface area (Å²) < 4.78 is 16.2. The first-order valence-electron chi connectivity index (χ1n) is 19.6. The third kappa shape index (κ3) is 12.6. The number of amides is 4. The number of rotatable bonds is 21. The van der Waals surface area contributed by atoms with Crippen molar-refractivity contribution < 1.29 is 58.0 Å². The van der Waals surface area contributed by atoms with Gasteiger partial charge in [-0.05, 0) is 64.3 Å². The van der Waals surface area contributed by atoms with E-state index in [0.717, 1.165) is 27.8 Å². The molecule has 0 spiro atoms.